The SMILES string of the molecule is CC1C(O)OC(COCC(O)C[N+](CCO)(CCO)CC(=O)O)C(O)C1OCC(O)C[N+](CCO)(CCO)CC(=O)O. The zero-order valence-corrected chi connectivity index (χ0v) is 24.1. The van der Waals surface area contributed by atoms with Gasteiger partial charge in [0.1, 0.15) is 63.7 Å². The second-order valence-electron chi connectivity index (χ2n) is 11.0. The van der Waals surface area contributed by atoms with Crippen LogP contribution in [0.5, 0.6) is 0 Å². The number of aliphatic carboxylic acids is 2. The Balaban J connectivity index is 2.78. The van der Waals surface area contributed by atoms with Crippen molar-refractivity contribution in [3.05, 3.63) is 0 Å². The van der Waals surface area contributed by atoms with E-state index in [2.05, 4.69) is 0 Å². The van der Waals surface area contributed by atoms with Crippen molar-refractivity contribution >= 4 is 11.9 Å². The number of hydrogen-bond acceptors (Lipinski definition) is 13. The van der Waals surface area contributed by atoms with Gasteiger partial charge in [-0.2, -0.15) is 0 Å². The lowest BCUT2D eigenvalue weighted by molar-refractivity contribution is -0.924. The van der Waals surface area contributed by atoms with E-state index in [1.807, 2.05) is 0 Å². The summed E-state index contributed by atoms with van der Waals surface area (Å²) in [6.45, 7) is -2.16. The minimum atomic E-state index is -1.38. The monoisotopic (exact) mass is 618 g/mol. The molecule has 0 amide bonds. The third-order valence-electron chi connectivity index (χ3n) is 7.51. The smallest absolute Gasteiger partial charge is 0.359 e. The summed E-state index contributed by atoms with van der Waals surface area (Å²) in [7, 11) is 0. The van der Waals surface area contributed by atoms with Gasteiger partial charge in [0.25, 0.3) is 0 Å². The lowest BCUT2D eigenvalue weighted by atomic mass is 9.92. The Morgan fingerprint density at radius 3 is 1.62 bits per heavy atom. The van der Waals surface area contributed by atoms with Crippen LogP contribution in [0.15, 0.2) is 0 Å². The Labute approximate surface area is 244 Å². The van der Waals surface area contributed by atoms with Crippen LogP contribution in [0, 0.1) is 5.92 Å². The molecule has 0 saturated carbocycles. The van der Waals surface area contributed by atoms with Crippen molar-refractivity contribution in [2.75, 3.05) is 98.6 Å². The van der Waals surface area contributed by atoms with E-state index in [0.29, 0.717) is 0 Å². The summed E-state index contributed by atoms with van der Waals surface area (Å²) < 4.78 is 16.1. The van der Waals surface area contributed by atoms with Crippen LogP contribution in [0.4, 0.5) is 0 Å². The van der Waals surface area contributed by atoms with Gasteiger partial charge in [0.2, 0.25) is 0 Å². The first kappa shape index (κ1) is 38.4. The molecular formula is C25H50N2O15+2. The van der Waals surface area contributed by atoms with Crippen LogP contribution in [0.1, 0.15) is 6.92 Å². The maximum absolute atomic E-state index is 11.4. The van der Waals surface area contributed by atoms with Gasteiger partial charge in [-0.15, -0.1) is 0 Å². The van der Waals surface area contributed by atoms with Crippen LogP contribution in [-0.2, 0) is 23.8 Å². The van der Waals surface area contributed by atoms with Gasteiger partial charge in [-0.05, 0) is 0 Å². The number of aliphatic hydroxyl groups is 8. The van der Waals surface area contributed by atoms with E-state index >= 15 is 0 Å². The highest BCUT2D eigenvalue weighted by molar-refractivity contribution is 5.68. The molecule has 10 N–H and O–H groups in total. The number of nitrogens with zero attached hydrogens (tertiary/aromatic N) is 2. The maximum atomic E-state index is 11.4. The summed E-state index contributed by atoms with van der Waals surface area (Å²) in [6.07, 6.45) is -7.30. The second-order valence-corrected chi connectivity index (χ2v) is 11.0. The third-order valence-corrected chi connectivity index (χ3v) is 7.51. The van der Waals surface area contributed by atoms with Crippen molar-refractivity contribution in [3.8, 4) is 0 Å². The number of quaternary nitrogens is 2. The molecule has 0 bridgehead atoms. The van der Waals surface area contributed by atoms with E-state index in [4.69, 9.17) is 14.2 Å². The fraction of sp³-hybridized carbons (Fsp3) is 0.920. The average Bonchev–Trinajstić information content (AvgIpc) is 2.86. The molecule has 0 aromatic heterocycles. The normalized spacial score (nSPS) is 24.8. The summed E-state index contributed by atoms with van der Waals surface area (Å²) in [5, 5.41) is 98.5. The van der Waals surface area contributed by atoms with Gasteiger partial charge in [-0.1, -0.05) is 6.92 Å². The summed E-state index contributed by atoms with van der Waals surface area (Å²) >= 11 is 0. The molecule has 1 fully saturated rings. The molecular weight excluding hydrogens is 568 g/mol. The second kappa shape index (κ2) is 18.9. The highest BCUT2D eigenvalue weighted by atomic mass is 16.6. The molecule has 248 valence electrons. The van der Waals surface area contributed by atoms with Crippen LogP contribution < -0.4 is 0 Å². The molecule has 0 aromatic rings. The van der Waals surface area contributed by atoms with Gasteiger partial charge in [0, 0.05) is 5.92 Å². The van der Waals surface area contributed by atoms with Crippen molar-refractivity contribution in [1.29, 1.82) is 0 Å². The number of rotatable bonds is 23. The van der Waals surface area contributed by atoms with Gasteiger partial charge in [-0.3, -0.25) is 0 Å². The Kier molecular flexibility index (Phi) is 17.3. The number of ether oxygens (including phenoxy) is 3. The molecule has 1 aliphatic rings. The Hall–Kier alpha value is -1.58. The number of carbonyl (C=O) groups is 2. The number of carboxylic acids is 2. The minimum Gasteiger partial charge on any atom is -0.477 e. The largest absolute Gasteiger partial charge is 0.477 e. The van der Waals surface area contributed by atoms with E-state index in [-0.39, 0.29) is 94.5 Å². The predicted octanol–water partition coefficient (Wildman–Crippen LogP) is -5.40. The first-order valence-electron chi connectivity index (χ1n) is 13.9. The van der Waals surface area contributed by atoms with E-state index in [0.717, 1.165) is 0 Å². The van der Waals surface area contributed by atoms with Gasteiger partial charge in [0.15, 0.2) is 19.4 Å². The molecule has 17 nitrogen and oxygen atoms in total. The first-order valence-corrected chi connectivity index (χ1v) is 13.9. The van der Waals surface area contributed by atoms with Crippen LogP contribution in [0.2, 0.25) is 0 Å². The van der Waals surface area contributed by atoms with E-state index in [9.17, 15) is 60.7 Å². The fourth-order valence-electron chi connectivity index (χ4n) is 5.46. The lowest BCUT2D eigenvalue weighted by Gasteiger charge is -2.42. The molecule has 42 heavy (non-hydrogen) atoms. The van der Waals surface area contributed by atoms with E-state index in [1.54, 1.807) is 6.92 Å². The third kappa shape index (κ3) is 12.6. The number of aliphatic hydroxyl groups excluding tert-OH is 8. The Bertz CT molecular complexity index is 779. The standard InChI is InChI=1S/C25H48N2O15/c1-17-24(41-15-19(33)11-27(4-8-30,5-9-31)13-22(36)37)23(38)20(42-25(17)39)16-40-14-18(32)10-26(2-6-28,3-7-29)12-21(34)35/h17-20,23-25,28-33,38-39H,2-16H2,1H3/p+2. The van der Waals surface area contributed by atoms with Gasteiger partial charge in [0.05, 0.1) is 52.4 Å². The predicted molar refractivity (Wildman–Crippen MR) is 142 cm³/mol. The van der Waals surface area contributed by atoms with Gasteiger partial charge < -0.3 is 74.2 Å². The van der Waals surface area contributed by atoms with Crippen LogP contribution in [0.3, 0.4) is 0 Å². The Morgan fingerprint density at radius 2 is 1.21 bits per heavy atom. The zero-order chi connectivity index (χ0) is 31.9. The molecule has 0 aliphatic carbocycles. The lowest BCUT2D eigenvalue weighted by Crippen LogP contribution is -2.59. The topological polar surface area (TPSA) is 264 Å². The summed E-state index contributed by atoms with van der Waals surface area (Å²) in [6, 6.07) is 0. The number of hydrogen-bond donors (Lipinski definition) is 10. The first-order chi connectivity index (χ1) is 19.8. The quantitative estimate of drug-likeness (QED) is 0.0479. The van der Waals surface area contributed by atoms with E-state index < -0.39 is 67.8 Å². The van der Waals surface area contributed by atoms with Crippen molar-refractivity contribution in [1.82, 2.24) is 0 Å². The molecule has 7 atom stereocenters. The van der Waals surface area contributed by atoms with Gasteiger partial charge in [-0.25, -0.2) is 9.59 Å². The van der Waals surface area contributed by atoms with Gasteiger partial charge >= 0.3 is 11.9 Å². The molecule has 1 saturated heterocycles. The summed E-state index contributed by atoms with van der Waals surface area (Å²) in [5.41, 5.74) is 0. The highest BCUT2D eigenvalue weighted by Crippen LogP contribution is 2.28. The van der Waals surface area contributed by atoms with E-state index in [1.165, 1.54) is 0 Å². The zero-order valence-electron chi connectivity index (χ0n) is 24.1. The Morgan fingerprint density at radius 1 is 0.786 bits per heavy atom. The molecule has 0 aromatic carbocycles. The van der Waals surface area contributed by atoms with Crippen molar-refractivity contribution < 1.29 is 83.8 Å². The van der Waals surface area contributed by atoms with Crippen LogP contribution in [-0.4, -0.2) is 207 Å². The van der Waals surface area contributed by atoms with Crippen molar-refractivity contribution in [2.24, 2.45) is 5.92 Å². The maximum Gasteiger partial charge on any atom is 0.359 e. The molecule has 7 unspecified atom stereocenters. The van der Waals surface area contributed by atoms with Crippen molar-refractivity contribution in [2.45, 2.75) is 43.7 Å². The van der Waals surface area contributed by atoms with Crippen molar-refractivity contribution in [3.63, 3.8) is 0 Å². The van der Waals surface area contributed by atoms with Crippen LogP contribution >= 0.6 is 0 Å². The molecule has 1 heterocycles. The molecule has 0 spiro atoms. The molecule has 1 aliphatic heterocycles. The summed E-state index contributed by atoms with van der Waals surface area (Å²) in [5.74, 6) is -3.09. The van der Waals surface area contributed by atoms with Crippen LogP contribution in [0.25, 0.3) is 0 Å². The molecule has 17 heteroatoms. The molecule has 0 radical (unpaired) electrons. The average molecular weight is 619 g/mol. The highest BCUT2D eigenvalue weighted by Gasteiger charge is 2.44. The minimum absolute atomic E-state index is 0.0143. The number of carboxylic acid groups (broad SMARTS) is 2. The molecule has 1 rings (SSSR count). The summed E-state index contributed by atoms with van der Waals surface area (Å²) in [4.78, 5) is 22.7. The fourth-order valence-corrected chi connectivity index (χ4v) is 5.46.